The Morgan fingerprint density at radius 1 is 0.789 bits per heavy atom. The Morgan fingerprint density at radius 2 is 1.53 bits per heavy atom. The number of pyridine rings is 2. The maximum atomic E-state index is 6.46. The van der Waals surface area contributed by atoms with Gasteiger partial charge in [-0.15, -0.1) is 30.0 Å². The fraction of sp³-hybridized carbons (Fsp3) is 0.281. The summed E-state index contributed by atoms with van der Waals surface area (Å²) in [5, 5.41) is 0. The maximum absolute atomic E-state index is 6.46. The number of nitrogens with zero attached hydrogens (tertiary/aromatic N) is 4. The first-order valence-corrected chi connectivity index (χ1v) is 12.6. The number of aromatic nitrogens is 2. The van der Waals surface area contributed by atoms with Crippen LogP contribution in [-0.2, 0) is 31.9 Å². The zero-order valence-corrected chi connectivity index (χ0v) is 25.2. The second-order valence-corrected chi connectivity index (χ2v) is 11.5. The van der Waals surface area contributed by atoms with Crippen LogP contribution in [0.25, 0.3) is 11.4 Å². The van der Waals surface area contributed by atoms with Crippen LogP contribution < -0.4 is 14.5 Å². The van der Waals surface area contributed by atoms with Crippen LogP contribution in [0, 0.1) is 18.8 Å². The Bertz CT molecular complexity index is 1420. The van der Waals surface area contributed by atoms with E-state index in [1.54, 1.807) is 0 Å². The minimum atomic E-state index is -0.178. The van der Waals surface area contributed by atoms with Crippen LogP contribution in [-0.4, -0.2) is 17.0 Å². The third-order valence-corrected chi connectivity index (χ3v) is 6.51. The van der Waals surface area contributed by atoms with Gasteiger partial charge in [0, 0.05) is 50.1 Å². The molecule has 5 rings (SSSR count). The van der Waals surface area contributed by atoms with E-state index < -0.39 is 0 Å². The molecule has 0 amide bonds. The molecule has 0 fully saturated rings. The molecule has 0 saturated heterocycles. The van der Waals surface area contributed by atoms with Gasteiger partial charge in [-0.2, -0.15) is 12.7 Å². The molecule has 200 valence electrons. The summed E-state index contributed by atoms with van der Waals surface area (Å²) >= 11 is 0. The van der Waals surface area contributed by atoms with Gasteiger partial charge in [-0.25, -0.2) is 0 Å². The summed E-state index contributed by atoms with van der Waals surface area (Å²) in [6, 6.07) is 25.2. The number of hydrogen-bond donors (Lipinski definition) is 0. The third kappa shape index (κ3) is 5.63. The first kappa shape index (κ1) is 27.9. The molecule has 1 aliphatic rings. The minimum absolute atomic E-state index is 0. The monoisotopic (exact) mass is 684 g/mol. The second-order valence-electron chi connectivity index (χ2n) is 11.5. The van der Waals surface area contributed by atoms with E-state index in [1.807, 2.05) is 55.8 Å². The predicted molar refractivity (Wildman–Crippen MR) is 150 cm³/mol. The molecule has 0 saturated carbocycles. The smallest absolute Gasteiger partial charge is 0.0326 e. The largest absolute Gasteiger partial charge is 0.509 e. The molecule has 0 radical (unpaired) electrons. The van der Waals surface area contributed by atoms with Gasteiger partial charge in [0.25, 0.3) is 0 Å². The first-order chi connectivity index (χ1) is 17.5. The van der Waals surface area contributed by atoms with Crippen molar-refractivity contribution in [1.29, 1.82) is 0 Å². The molecule has 2 aromatic heterocycles. The van der Waals surface area contributed by atoms with Crippen LogP contribution in [0.4, 0.5) is 17.1 Å². The molecule has 5 nitrogen and oxygen atoms in total. The molecule has 1 aliphatic heterocycles. The van der Waals surface area contributed by atoms with Crippen LogP contribution in [0.1, 0.15) is 52.7 Å². The normalized spacial score (nSPS) is 13.2. The standard InChI is InChI=1S/C32H33N4O.Pt/c1-31(2,3)22-15-16-26(33-19-22)27-18-30(25(20-34-27)32(4,5)6)37-24-12-10-11-23(17-24)36-21-35(7)28-13-8-9-14-29(28)36;/h8-16,19-21H,1-7H3;/q-3;. The van der Waals surface area contributed by atoms with Gasteiger partial charge in [-0.1, -0.05) is 76.8 Å². The molecule has 0 spiro atoms. The summed E-state index contributed by atoms with van der Waals surface area (Å²) in [5.41, 5.74) is 6.59. The Kier molecular flexibility index (Phi) is 7.72. The van der Waals surface area contributed by atoms with Gasteiger partial charge >= 0.3 is 0 Å². The summed E-state index contributed by atoms with van der Waals surface area (Å²) in [6.45, 7) is 15.0. The number of benzene rings is 2. The van der Waals surface area contributed by atoms with Gasteiger partial charge in [0.05, 0.1) is 0 Å². The SMILES string of the molecule is CN1[CH-]N(c2[c-]c(Oc3[c-]c(-c4ccc(C(C)(C)C)cn4)ncc3C(C)(C)C)ccc2)c2ccccc21.[Pt]. The van der Waals surface area contributed by atoms with Crippen LogP contribution >= 0.6 is 0 Å². The molecule has 0 unspecified atom stereocenters. The van der Waals surface area contributed by atoms with Gasteiger partial charge < -0.3 is 19.5 Å². The molecule has 2 aromatic carbocycles. The van der Waals surface area contributed by atoms with Crippen molar-refractivity contribution in [3.63, 3.8) is 0 Å². The van der Waals surface area contributed by atoms with E-state index in [4.69, 9.17) is 9.72 Å². The molecule has 3 heterocycles. The van der Waals surface area contributed by atoms with Crippen LogP contribution in [0.5, 0.6) is 11.5 Å². The van der Waals surface area contributed by atoms with Gasteiger partial charge in [0.2, 0.25) is 0 Å². The van der Waals surface area contributed by atoms with Gasteiger partial charge in [-0.05, 0) is 47.7 Å². The average Bonchev–Trinajstić information content (AvgIpc) is 3.20. The van der Waals surface area contributed by atoms with E-state index in [1.165, 1.54) is 5.56 Å². The fourth-order valence-corrected chi connectivity index (χ4v) is 4.32. The van der Waals surface area contributed by atoms with Crippen molar-refractivity contribution in [3.05, 3.63) is 96.9 Å². The van der Waals surface area contributed by atoms with E-state index in [2.05, 4.69) is 93.3 Å². The summed E-state index contributed by atoms with van der Waals surface area (Å²) in [4.78, 5) is 13.6. The van der Waals surface area contributed by atoms with Crippen molar-refractivity contribution < 1.29 is 25.8 Å². The van der Waals surface area contributed by atoms with E-state index in [0.29, 0.717) is 17.2 Å². The van der Waals surface area contributed by atoms with E-state index >= 15 is 0 Å². The van der Waals surface area contributed by atoms with E-state index in [0.717, 1.165) is 28.3 Å². The topological polar surface area (TPSA) is 41.5 Å². The number of para-hydroxylation sites is 2. The first-order valence-electron chi connectivity index (χ1n) is 12.6. The molecular weight excluding hydrogens is 651 g/mol. The van der Waals surface area contributed by atoms with Gasteiger partial charge in [-0.3, -0.25) is 4.98 Å². The zero-order chi connectivity index (χ0) is 26.4. The molecule has 0 atom stereocenters. The van der Waals surface area contributed by atoms with Gasteiger partial charge in [0.1, 0.15) is 0 Å². The Balaban J connectivity index is 0.00000336. The molecule has 0 aliphatic carbocycles. The van der Waals surface area contributed by atoms with Crippen LogP contribution in [0.2, 0.25) is 0 Å². The Morgan fingerprint density at radius 3 is 2.18 bits per heavy atom. The zero-order valence-electron chi connectivity index (χ0n) is 22.9. The van der Waals surface area contributed by atoms with E-state index in [9.17, 15) is 0 Å². The molecule has 6 heteroatoms. The Labute approximate surface area is 241 Å². The van der Waals surface area contributed by atoms with Crippen LogP contribution in [0.15, 0.2) is 67.0 Å². The maximum Gasteiger partial charge on any atom is 0.0326 e. The summed E-state index contributed by atoms with van der Waals surface area (Å²) in [7, 11) is 2.05. The number of anilines is 3. The minimum Gasteiger partial charge on any atom is -0.509 e. The van der Waals surface area contributed by atoms with Crippen molar-refractivity contribution in [3.8, 4) is 22.9 Å². The van der Waals surface area contributed by atoms with Crippen LogP contribution in [0.3, 0.4) is 0 Å². The number of fused-ring (bicyclic) bond motifs is 1. The van der Waals surface area contributed by atoms with Crippen molar-refractivity contribution >= 4 is 17.1 Å². The Hall–Kier alpha value is -3.17. The summed E-state index contributed by atoms with van der Waals surface area (Å²) in [5.74, 6) is 1.25. The van der Waals surface area contributed by atoms with Crippen molar-refractivity contribution in [2.45, 2.75) is 52.4 Å². The summed E-state index contributed by atoms with van der Waals surface area (Å²) < 4.78 is 6.46. The van der Waals surface area contributed by atoms with Crippen molar-refractivity contribution in [2.75, 3.05) is 16.8 Å². The average molecular weight is 685 g/mol. The predicted octanol–water partition coefficient (Wildman–Crippen LogP) is 7.84. The van der Waals surface area contributed by atoms with Gasteiger partial charge in [0.15, 0.2) is 0 Å². The molecule has 0 bridgehead atoms. The van der Waals surface area contributed by atoms with Crippen molar-refractivity contribution in [2.24, 2.45) is 0 Å². The van der Waals surface area contributed by atoms with E-state index in [-0.39, 0.29) is 31.9 Å². The third-order valence-electron chi connectivity index (χ3n) is 6.51. The number of hydrogen-bond acceptors (Lipinski definition) is 5. The molecular formula is C32H33N4OPt-3. The number of rotatable bonds is 4. The fourth-order valence-electron chi connectivity index (χ4n) is 4.32. The quantitative estimate of drug-likeness (QED) is 0.205. The molecule has 38 heavy (non-hydrogen) atoms. The molecule has 0 N–H and O–H groups in total. The number of ether oxygens (including phenoxy) is 1. The molecule has 4 aromatic rings. The second kappa shape index (κ2) is 10.5. The van der Waals surface area contributed by atoms with Crippen molar-refractivity contribution in [1.82, 2.24) is 9.97 Å². The summed E-state index contributed by atoms with van der Waals surface area (Å²) in [6.07, 6.45) is 3.80.